The van der Waals surface area contributed by atoms with Crippen LogP contribution in [-0.4, -0.2) is 23.5 Å². The number of likely N-dealkylation sites (N-methyl/N-ethyl adjacent to an activating group) is 1. The Morgan fingerprint density at radius 2 is 1.71 bits per heavy atom. The van der Waals surface area contributed by atoms with Crippen molar-refractivity contribution in [1.82, 2.24) is 10.6 Å². The van der Waals surface area contributed by atoms with Gasteiger partial charge in [-0.1, -0.05) is 72.4 Å². The maximum Gasteiger partial charge on any atom is 0.242 e. The van der Waals surface area contributed by atoms with E-state index in [9.17, 15) is 4.79 Å². The highest BCUT2D eigenvalue weighted by Crippen LogP contribution is 2.07. The lowest BCUT2D eigenvalue weighted by Crippen LogP contribution is -2.47. The number of aryl methyl sites for hydroxylation is 1. The van der Waals surface area contributed by atoms with Crippen LogP contribution < -0.4 is 10.6 Å². The molecular formula is C20H24N2OS. The molecule has 2 N–H and O–H groups in total. The molecule has 3 nitrogen and oxygen atoms in total. The van der Waals surface area contributed by atoms with E-state index in [2.05, 4.69) is 41.8 Å². The molecule has 0 saturated heterocycles. The van der Waals surface area contributed by atoms with Gasteiger partial charge in [-0.3, -0.25) is 4.79 Å². The lowest BCUT2D eigenvalue weighted by atomic mass is 10.0. The fourth-order valence-electron chi connectivity index (χ4n) is 2.49. The fourth-order valence-corrected chi connectivity index (χ4v) is 2.80. The molecule has 0 heterocycles. The number of thiocarbonyl (C=S) groups is 1. The standard InChI is InChI=1S/C20H24N2OS/c1-3-21-20(23)18(13-16-7-5-4-6-8-16)22-19(24)14-17-11-9-15(2)10-12-17/h4-12,18H,3,13-14H2,1-2H3,(H,21,23)(H,22,24)/t18-/m0/s1. The minimum atomic E-state index is -0.356. The molecule has 2 aromatic carbocycles. The van der Waals surface area contributed by atoms with Crippen LogP contribution in [0.5, 0.6) is 0 Å². The second-order valence-electron chi connectivity index (χ2n) is 5.87. The zero-order valence-corrected chi connectivity index (χ0v) is 15.0. The summed E-state index contributed by atoms with van der Waals surface area (Å²) in [6.45, 7) is 4.59. The van der Waals surface area contributed by atoms with E-state index < -0.39 is 0 Å². The minimum absolute atomic E-state index is 0.0207. The molecule has 0 aliphatic heterocycles. The zero-order chi connectivity index (χ0) is 17.4. The molecule has 126 valence electrons. The molecule has 0 bridgehead atoms. The Bertz CT molecular complexity index is 668. The van der Waals surface area contributed by atoms with Gasteiger partial charge in [-0.25, -0.2) is 0 Å². The number of nitrogens with one attached hydrogen (secondary N) is 2. The first kappa shape index (κ1) is 18.1. The Labute approximate surface area is 149 Å². The molecule has 0 fully saturated rings. The third kappa shape index (κ3) is 5.78. The van der Waals surface area contributed by atoms with Gasteiger partial charge in [0.1, 0.15) is 6.04 Å². The highest BCUT2D eigenvalue weighted by molar-refractivity contribution is 7.80. The number of carbonyl (C=O) groups excluding carboxylic acids is 1. The Hall–Kier alpha value is -2.20. The van der Waals surface area contributed by atoms with E-state index >= 15 is 0 Å². The topological polar surface area (TPSA) is 41.1 Å². The van der Waals surface area contributed by atoms with E-state index in [0.29, 0.717) is 24.4 Å². The van der Waals surface area contributed by atoms with Gasteiger partial charge in [0.2, 0.25) is 5.91 Å². The molecule has 2 aromatic rings. The number of hydrogen-bond acceptors (Lipinski definition) is 2. The summed E-state index contributed by atoms with van der Waals surface area (Å²) in [5.41, 5.74) is 3.48. The molecule has 2 rings (SSSR count). The fraction of sp³-hybridized carbons (Fsp3) is 0.300. The molecule has 0 aliphatic carbocycles. The van der Waals surface area contributed by atoms with Crippen molar-refractivity contribution in [2.45, 2.75) is 32.7 Å². The molecule has 4 heteroatoms. The Kier molecular flexibility index (Phi) is 6.94. The Balaban J connectivity index is 2.02. The van der Waals surface area contributed by atoms with Crippen molar-refractivity contribution >= 4 is 23.1 Å². The van der Waals surface area contributed by atoms with E-state index in [-0.39, 0.29) is 11.9 Å². The number of benzene rings is 2. The molecule has 0 spiro atoms. The summed E-state index contributed by atoms with van der Waals surface area (Å²) in [5, 5.41) is 6.11. The minimum Gasteiger partial charge on any atom is -0.368 e. The number of rotatable bonds is 7. The predicted molar refractivity (Wildman–Crippen MR) is 103 cm³/mol. The third-order valence-electron chi connectivity index (χ3n) is 3.77. The van der Waals surface area contributed by atoms with Crippen molar-refractivity contribution in [3.63, 3.8) is 0 Å². The van der Waals surface area contributed by atoms with Crippen molar-refractivity contribution < 1.29 is 4.79 Å². The normalized spacial score (nSPS) is 11.6. The van der Waals surface area contributed by atoms with Crippen molar-refractivity contribution in [2.24, 2.45) is 0 Å². The third-order valence-corrected chi connectivity index (χ3v) is 4.03. The largest absolute Gasteiger partial charge is 0.368 e. The van der Waals surface area contributed by atoms with Crippen LogP contribution in [0.2, 0.25) is 0 Å². The molecule has 0 aromatic heterocycles. The maximum absolute atomic E-state index is 12.3. The van der Waals surface area contributed by atoms with Crippen LogP contribution in [-0.2, 0) is 17.6 Å². The summed E-state index contributed by atoms with van der Waals surface area (Å²) >= 11 is 5.47. The second-order valence-corrected chi connectivity index (χ2v) is 6.36. The molecule has 24 heavy (non-hydrogen) atoms. The number of amides is 1. The molecule has 0 aliphatic rings. The van der Waals surface area contributed by atoms with Crippen LogP contribution in [0.1, 0.15) is 23.6 Å². The average molecular weight is 340 g/mol. The summed E-state index contributed by atoms with van der Waals surface area (Å²) in [6.07, 6.45) is 1.25. The predicted octanol–water partition coefficient (Wildman–Crippen LogP) is 3.20. The Morgan fingerprint density at radius 3 is 2.33 bits per heavy atom. The summed E-state index contributed by atoms with van der Waals surface area (Å²) in [7, 11) is 0. The van der Waals surface area contributed by atoms with E-state index in [1.54, 1.807) is 0 Å². The first-order valence-corrected chi connectivity index (χ1v) is 8.66. The maximum atomic E-state index is 12.3. The first-order chi connectivity index (χ1) is 11.6. The number of hydrogen-bond donors (Lipinski definition) is 2. The van der Waals surface area contributed by atoms with Gasteiger partial charge >= 0.3 is 0 Å². The van der Waals surface area contributed by atoms with Gasteiger partial charge in [-0.15, -0.1) is 0 Å². The molecule has 1 atom stereocenters. The first-order valence-electron chi connectivity index (χ1n) is 8.25. The highest BCUT2D eigenvalue weighted by atomic mass is 32.1. The van der Waals surface area contributed by atoms with Crippen molar-refractivity contribution in [2.75, 3.05) is 6.54 Å². The van der Waals surface area contributed by atoms with E-state index in [0.717, 1.165) is 11.1 Å². The Morgan fingerprint density at radius 1 is 1.04 bits per heavy atom. The quantitative estimate of drug-likeness (QED) is 0.761. The highest BCUT2D eigenvalue weighted by Gasteiger charge is 2.19. The van der Waals surface area contributed by atoms with Crippen LogP contribution in [0.3, 0.4) is 0 Å². The summed E-state index contributed by atoms with van der Waals surface area (Å²) in [5.74, 6) is -0.0207. The zero-order valence-electron chi connectivity index (χ0n) is 14.2. The summed E-state index contributed by atoms with van der Waals surface area (Å²) in [6, 6.07) is 17.9. The van der Waals surface area contributed by atoms with Crippen LogP contribution >= 0.6 is 12.2 Å². The van der Waals surface area contributed by atoms with Crippen molar-refractivity contribution in [3.05, 3.63) is 71.3 Å². The summed E-state index contributed by atoms with van der Waals surface area (Å²) in [4.78, 5) is 13.0. The lowest BCUT2D eigenvalue weighted by Gasteiger charge is -2.20. The van der Waals surface area contributed by atoms with Crippen LogP contribution in [0.4, 0.5) is 0 Å². The van der Waals surface area contributed by atoms with E-state index in [4.69, 9.17) is 12.2 Å². The van der Waals surface area contributed by atoms with Gasteiger partial charge in [-0.05, 0) is 25.0 Å². The van der Waals surface area contributed by atoms with Crippen molar-refractivity contribution in [1.29, 1.82) is 0 Å². The van der Waals surface area contributed by atoms with Gasteiger partial charge in [-0.2, -0.15) is 0 Å². The van der Waals surface area contributed by atoms with E-state index in [1.165, 1.54) is 5.56 Å². The lowest BCUT2D eigenvalue weighted by molar-refractivity contribution is -0.122. The smallest absolute Gasteiger partial charge is 0.242 e. The summed E-state index contributed by atoms with van der Waals surface area (Å²) < 4.78 is 0. The van der Waals surface area contributed by atoms with E-state index in [1.807, 2.05) is 37.3 Å². The molecule has 0 unspecified atom stereocenters. The van der Waals surface area contributed by atoms with Gasteiger partial charge in [0.15, 0.2) is 0 Å². The van der Waals surface area contributed by atoms with Crippen LogP contribution in [0.15, 0.2) is 54.6 Å². The van der Waals surface area contributed by atoms with Gasteiger partial charge in [0.05, 0.1) is 4.99 Å². The van der Waals surface area contributed by atoms with Crippen LogP contribution in [0, 0.1) is 6.92 Å². The molecule has 0 saturated carbocycles. The number of carbonyl (C=O) groups is 1. The SMILES string of the molecule is CCNC(=O)[C@H](Cc1ccccc1)NC(=S)Cc1ccc(C)cc1. The average Bonchev–Trinajstić information content (AvgIpc) is 2.57. The van der Waals surface area contributed by atoms with Gasteiger partial charge in [0.25, 0.3) is 0 Å². The van der Waals surface area contributed by atoms with Gasteiger partial charge < -0.3 is 10.6 Å². The van der Waals surface area contributed by atoms with Crippen molar-refractivity contribution in [3.8, 4) is 0 Å². The molecule has 0 radical (unpaired) electrons. The van der Waals surface area contributed by atoms with Crippen LogP contribution in [0.25, 0.3) is 0 Å². The van der Waals surface area contributed by atoms with Gasteiger partial charge in [0, 0.05) is 19.4 Å². The molecule has 1 amide bonds. The second kappa shape index (κ2) is 9.18. The monoisotopic (exact) mass is 340 g/mol. The molecular weight excluding hydrogens is 316 g/mol.